The van der Waals surface area contributed by atoms with E-state index < -0.39 is 0 Å². The number of pyridine rings is 1. The van der Waals surface area contributed by atoms with Crippen LogP contribution in [0.25, 0.3) is 97.1 Å². The highest BCUT2D eigenvalue weighted by Gasteiger charge is 2.22. The number of anilines is 3. The normalized spacial score (nSPS) is 11.8. The van der Waals surface area contributed by atoms with Crippen LogP contribution in [0.3, 0.4) is 0 Å². The van der Waals surface area contributed by atoms with Gasteiger partial charge in [-0.2, -0.15) is 0 Å². The van der Waals surface area contributed by atoms with Crippen LogP contribution in [0.4, 0.5) is 17.7 Å². The topological polar surface area (TPSA) is 241 Å². The molecule has 1 aliphatic heterocycles. The van der Waals surface area contributed by atoms with E-state index >= 15 is 0 Å². The minimum Gasteiger partial charge on any atom is -0.415 e. The number of halogens is 1. The third kappa shape index (κ3) is 14.7. The fourth-order valence-electron chi connectivity index (χ4n) is 8.85. The lowest BCUT2D eigenvalue weighted by atomic mass is 10.1. The zero-order valence-corrected chi connectivity index (χ0v) is 51.6. The third-order valence-corrected chi connectivity index (χ3v) is 14.5. The standard InChI is InChI=1S/C23H20ClN5O.C22H21N7O.C21H24N6O2.4H2/c1-14-21(23-28-27-22(30-23)16-8-6-5-7-9-16)26-20(13-25-14)18-11-10-17(12-19(18)24)15(2)29(3)4;1-14-20(21-27-28-22(30-21)25-18-6-5-11-23-12-18)26-19(13-24-14)17-9-7-16(8-10-17)15(2)29(3)4;1-14-19(20-24-25-21(29-20)27-9-11-28-12-10-27)23-18(13-22-14)17-7-5-16(6-8-17)15(2)26(3)4;;;;/h5-13H,2H2,1,3-4H3;5-13H,2H2,1,3-4H3,(H,25,28);5-8,13H,2,9-12H2,1,3-4H3;4*1H. The number of hydrogen-bond acceptors (Lipinski definition) is 22. The summed E-state index contributed by atoms with van der Waals surface area (Å²) in [5.74, 6) is 1.41. The first-order valence-corrected chi connectivity index (χ1v) is 28.5. The highest BCUT2D eigenvalue weighted by Crippen LogP contribution is 2.34. The monoisotopic (exact) mass is 1220 g/mol. The molecule has 1 saturated heterocycles. The lowest BCUT2D eigenvalue weighted by molar-refractivity contribution is 0.120. The zero-order chi connectivity index (χ0) is 62.7. The quantitative estimate of drug-likeness (QED) is 0.0945. The number of ether oxygens (including phenoxy) is 1. The maximum Gasteiger partial charge on any atom is 0.320 e. The zero-order valence-electron chi connectivity index (χ0n) is 50.8. The molecule has 0 bridgehead atoms. The van der Waals surface area contributed by atoms with Crippen molar-refractivity contribution < 1.29 is 23.7 Å². The Morgan fingerprint density at radius 2 is 0.989 bits per heavy atom. The fourth-order valence-corrected chi connectivity index (χ4v) is 9.12. The fraction of sp³-hybridized carbons (Fsp3) is 0.197. The van der Waals surface area contributed by atoms with Crippen molar-refractivity contribution in [2.24, 2.45) is 0 Å². The van der Waals surface area contributed by atoms with Gasteiger partial charge in [0.2, 0.25) is 5.89 Å². The molecule has 1 fully saturated rings. The Morgan fingerprint density at radius 1 is 0.506 bits per heavy atom. The van der Waals surface area contributed by atoms with Crippen molar-refractivity contribution in [3.63, 3.8) is 0 Å². The smallest absolute Gasteiger partial charge is 0.320 e. The highest BCUT2D eigenvalue weighted by atomic mass is 35.5. The van der Waals surface area contributed by atoms with Gasteiger partial charge in [0.25, 0.3) is 17.7 Å². The predicted octanol–water partition coefficient (Wildman–Crippen LogP) is 13.4. The number of aromatic nitrogens is 13. The summed E-state index contributed by atoms with van der Waals surface area (Å²) in [6.45, 7) is 20.6. The highest BCUT2D eigenvalue weighted by molar-refractivity contribution is 6.33. The Hall–Kier alpha value is -10.8. The van der Waals surface area contributed by atoms with Gasteiger partial charge in [-0.05, 0) is 67.8 Å². The summed E-state index contributed by atoms with van der Waals surface area (Å²) in [6, 6.07) is 35.9. The molecule has 0 atom stereocenters. The van der Waals surface area contributed by atoms with Gasteiger partial charge >= 0.3 is 12.0 Å². The van der Waals surface area contributed by atoms with Crippen molar-refractivity contribution in [2.75, 3.05) is 78.8 Å². The first-order valence-electron chi connectivity index (χ1n) is 28.2. The van der Waals surface area contributed by atoms with Crippen LogP contribution < -0.4 is 10.2 Å². The summed E-state index contributed by atoms with van der Waals surface area (Å²) in [5.41, 5.74) is 16.0. The molecular formula is C66H73ClN18O4. The van der Waals surface area contributed by atoms with Gasteiger partial charge in [-0.15, -0.1) is 20.4 Å². The van der Waals surface area contributed by atoms with Crippen LogP contribution in [-0.4, -0.2) is 149 Å². The van der Waals surface area contributed by atoms with E-state index in [1.165, 1.54) is 0 Å². The molecule has 12 rings (SSSR count). The molecule has 458 valence electrons. The number of benzene rings is 4. The molecule has 89 heavy (non-hydrogen) atoms. The molecule has 0 spiro atoms. The van der Waals surface area contributed by atoms with Crippen LogP contribution in [0.1, 0.15) is 39.5 Å². The molecule has 1 aliphatic rings. The molecule has 11 aromatic rings. The van der Waals surface area contributed by atoms with Crippen molar-refractivity contribution in [2.45, 2.75) is 20.8 Å². The second-order valence-corrected chi connectivity index (χ2v) is 21.4. The van der Waals surface area contributed by atoms with Gasteiger partial charge in [0.1, 0.15) is 17.1 Å². The number of hydrogen-bond donors (Lipinski definition) is 1. The van der Waals surface area contributed by atoms with Gasteiger partial charge in [-0.1, -0.05) is 120 Å². The van der Waals surface area contributed by atoms with Gasteiger partial charge in [0.15, 0.2) is 0 Å². The van der Waals surface area contributed by atoms with Gasteiger partial charge in [-0.25, -0.2) is 15.0 Å². The van der Waals surface area contributed by atoms with E-state index in [1.54, 1.807) is 31.0 Å². The summed E-state index contributed by atoms with van der Waals surface area (Å²) in [6.07, 6.45) is 8.55. The molecule has 0 radical (unpaired) electrons. The average Bonchev–Trinajstić information content (AvgIpc) is 1.88. The van der Waals surface area contributed by atoms with Crippen molar-refractivity contribution in [3.05, 3.63) is 199 Å². The van der Waals surface area contributed by atoms with Crippen LogP contribution in [-0.2, 0) is 4.74 Å². The van der Waals surface area contributed by atoms with Gasteiger partial charge in [-0.3, -0.25) is 19.9 Å². The molecule has 8 heterocycles. The maximum atomic E-state index is 6.56. The van der Waals surface area contributed by atoms with E-state index in [0.717, 1.165) is 91.9 Å². The lowest BCUT2D eigenvalue weighted by Crippen LogP contribution is -2.36. The van der Waals surface area contributed by atoms with Crippen LogP contribution in [0.15, 0.2) is 173 Å². The number of nitrogens with one attached hydrogen (secondary N) is 1. The Balaban J connectivity index is 0.000000217. The Labute approximate surface area is 526 Å². The minimum atomic E-state index is 0. The summed E-state index contributed by atoms with van der Waals surface area (Å²) >= 11 is 6.56. The Kier molecular flexibility index (Phi) is 19.0. The molecule has 0 amide bonds. The van der Waals surface area contributed by atoms with Gasteiger partial charge in [0, 0.05) is 107 Å². The molecule has 0 saturated carbocycles. The summed E-state index contributed by atoms with van der Waals surface area (Å²) in [5, 5.41) is 28.4. The van der Waals surface area contributed by atoms with Crippen LogP contribution >= 0.6 is 11.6 Å². The van der Waals surface area contributed by atoms with Crippen LogP contribution in [0.2, 0.25) is 5.02 Å². The van der Waals surface area contributed by atoms with E-state index in [1.807, 2.05) is 192 Å². The number of aryl methyl sites for hydroxylation is 3. The second kappa shape index (κ2) is 27.7. The predicted molar refractivity (Wildman–Crippen MR) is 354 cm³/mol. The Bertz CT molecular complexity index is 4280. The summed E-state index contributed by atoms with van der Waals surface area (Å²) in [7, 11) is 11.8. The first-order chi connectivity index (χ1) is 43.0. The second-order valence-electron chi connectivity index (χ2n) is 21.0. The molecular weight excluding hydrogens is 1140 g/mol. The van der Waals surface area contributed by atoms with E-state index in [0.29, 0.717) is 82.0 Å². The molecule has 22 nitrogen and oxygen atoms in total. The van der Waals surface area contributed by atoms with Crippen molar-refractivity contribution in [3.8, 4) is 80.0 Å². The molecule has 7 aromatic heterocycles. The van der Waals surface area contributed by atoms with Crippen molar-refractivity contribution in [1.82, 2.24) is 80.2 Å². The number of rotatable bonds is 16. The van der Waals surface area contributed by atoms with E-state index in [9.17, 15) is 0 Å². The molecule has 1 N–H and O–H groups in total. The number of nitrogens with zero attached hydrogens (tertiary/aromatic N) is 17. The van der Waals surface area contributed by atoms with Gasteiger partial charge in [0.05, 0.1) is 82.9 Å². The van der Waals surface area contributed by atoms with Crippen molar-refractivity contribution in [1.29, 1.82) is 0 Å². The molecule has 0 aliphatic carbocycles. The molecule has 0 unspecified atom stereocenters. The minimum absolute atomic E-state index is 0. The summed E-state index contributed by atoms with van der Waals surface area (Å²) < 4.78 is 22.9. The summed E-state index contributed by atoms with van der Waals surface area (Å²) in [4.78, 5) is 39.6. The lowest BCUT2D eigenvalue weighted by Gasteiger charge is -2.24. The number of morpholine rings is 1. The SMILES string of the molecule is C=C(c1ccc(-c2cnc(C)c(-c3nnc(-c4ccccc4)o3)n2)c(Cl)c1)N(C)C.C=C(c1ccc(-c2cnc(C)c(-c3nnc(N4CCOCC4)o3)n2)cc1)N(C)C.C=C(c1ccc(-c2cnc(C)c(-c3nnc(Nc4cccnc4)o3)n2)cc1)N(C)C.[HH].[HH].[HH].[HH]. The first kappa shape index (κ1) is 61.3. The maximum absolute atomic E-state index is 6.56. The Morgan fingerprint density at radius 3 is 1.53 bits per heavy atom. The van der Waals surface area contributed by atoms with Gasteiger partial charge < -0.3 is 42.9 Å². The van der Waals surface area contributed by atoms with Crippen LogP contribution in [0.5, 0.6) is 0 Å². The van der Waals surface area contributed by atoms with Crippen molar-refractivity contribution >= 4 is 46.4 Å². The molecule has 23 heteroatoms. The molecule has 4 aromatic carbocycles. The van der Waals surface area contributed by atoms with E-state index in [4.69, 9.17) is 44.5 Å². The third-order valence-electron chi connectivity index (χ3n) is 14.2. The van der Waals surface area contributed by atoms with Crippen LogP contribution in [0, 0.1) is 20.8 Å². The van der Waals surface area contributed by atoms with E-state index in [-0.39, 0.29) is 11.7 Å². The average molecular weight is 1220 g/mol. The van der Waals surface area contributed by atoms with E-state index in [2.05, 4.69) is 75.6 Å². The largest absolute Gasteiger partial charge is 0.415 e.